The molecule has 458 valence electrons. The molecule has 0 radical (unpaired) electrons. The molecule has 5 aromatic rings. The zero-order valence-corrected chi connectivity index (χ0v) is 48.3. The minimum atomic E-state index is -4.21. The molecule has 5 N–H and O–H groups in total. The van der Waals surface area contributed by atoms with Gasteiger partial charge in [-0.15, -0.1) is 0 Å². The highest BCUT2D eigenvalue weighted by Gasteiger charge is 2.45. The van der Waals surface area contributed by atoms with Gasteiger partial charge in [0.05, 0.1) is 70.4 Å². The number of aromatic amines is 4. The van der Waals surface area contributed by atoms with E-state index in [-0.39, 0.29) is 63.7 Å². The lowest BCUT2D eigenvalue weighted by molar-refractivity contribution is -0.0161. The van der Waals surface area contributed by atoms with E-state index < -0.39 is 198 Å². The van der Waals surface area contributed by atoms with Crippen LogP contribution >= 0.6 is 0 Å². The monoisotopic (exact) mass is 1250 g/mol. The second-order valence-electron chi connectivity index (χ2n) is 21.8. The normalized spacial score (nSPS) is 26.7. The molecule has 4 fully saturated rings. The molecule has 0 saturated carbocycles. The number of ether oxygens (including phenoxy) is 4. The van der Waals surface area contributed by atoms with Gasteiger partial charge in [-0.3, -0.25) is 57.4 Å². The molecule has 4 aromatic heterocycles. The minimum absolute atomic E-state index is 0.0255. The van der Waals surface area contributed by atoms with Gasteiger partial charge in [-0.1, -0.05) is 30.3 Å². The topological polar surface area (TPSA) is 413 Å². The van der Waals surface area contributed by atoms with Crippen molar-refractivity contribution in [3.8, 4) is 0 Å². The first kappa shape index (κ1) is 62.1. The third-order valence-electron chi connectivity index (χ3n) is 15.7. The van der Waals surface area contributed by atoms with Crippen LogP contribution in [0.4, 0.5) is 0 Å². The Hall–Kier alpha value is -6.46. The Kier molecular flexibility index (Phi) is 18.9. The van der Waals surface area contributed by atoms with Crippen molar-refractivity contribution in [3.63, 3.8) is 0 Å². The van der Waals surface area contributed by atoms with Crippen molar-refractivity contribution in [2.75, 3.05) is 46.9 Å². The summed E-state index contributed by atoms with van der Waals surface area (Å²) in [6, 6.07) is 12.7. The number of aliphatic hydroxyl groups is 1. The number of nitrogens with zero attached hydrogens (tertiary/aromatic N) is 4. The Labute approximate surface area is 478 Å². The smallest absolute Gasteiger partial charge is 0.330 e. The van der Waals surface area contributed by atoms with Crippen LogP contribution < -0.4 is 45.0 Å². The maximum Gasteiger partial charge on any atom is 0.330 e. The van der Waals surface area contributed by atoms with Crippen LogP contribution in [-0.2, 0) is 64.0 Å². The maximum atomic E-state index is 14.3. The molecule has 0 aliphatic carbocycles. The summed E-state index contributed by atoms with van der Waals surface area (Å²) in [5, 5.41) is 9.77. The third-order valence-corrected chi connectivity index (χ3v) is 22.8. The SMILES string of the molecule is O=c1ccn([C@H]2C[C@H](CS(=O)(=O)CC[C@H]3O[C@@H](n4ccc(=O)[nH]c4=O)C[C@@H]3CS(=O)(=O)CC[C@H]3O[C@@H](n4ccc(=O)[nH]c4=O)C[C@@H]3CS(=O)(=O)CC[C@H]3O[C@@H](n4ccc(=O)[nH]c4=O)C[C@@H]3CS(=O)(=O)Cc3ccccc3)[C@@H](CCO)O2)c(=O)[nH]1. The second kappa shape index (κ2) is 25.6. The molecule has 29 nitrogen and oxygen atoms in total. The predicted octanol–water partition coefficient (Wildman–Crippen LogP) is -1.79. The van der Waals surface area contributed by atoms with Crippen molar-refractivity contribution in [2.24, 2.45) is 23.7 Å². The fourth-order valence-corrected chi connectivity index (χ4v) is 18.9. The van der Waals surface area contributed by atoms with Crippen molar-refractivity contribution in [2.45, 2.75) is 106 Å². The number of hydrogen-bond donors (Lipinski definition) is 5. The summed E-state index contributed by atoms with van der Waals surface area (Å²) in [6.07, 6.45) is -4.77. The average Bonchev–Trinajstić information content (AvgIpc) is 2.83. The maximum absolute atomic E-state index is 14.3. The van der Waals surface area contributed by atoms with Crippen molar-refractivity contribution in [1.82, 2.24) is 38.2 Å². The van der Waals surface area contributed by atoms with E-state index in [9.17, 15) is 77.1 Å². The Morgan fingerprint density at radius 1 is 0.393 bits per heavy atom. The van der Waals surface area contributed by atoms with Crippen LogP contribution in [0.5, 0.6) is 0 Å². The molecule has 8 heterocycles. The quantitative estimate of drug-likeness (QED) is 0.0431. The first-order chi connectivity index (χ1) is 39.7. The lowest BCUT2D eigenvalue weighted by atomic mass is 10.0. The van der Waals surface area contributed by atoms with Crippen LogP contribution in [0.25, 0.3) is 0 Å². The van der Waals surface area contributed by atoms with Gasteiger partial charge in [0, 0.05) is 79.3 Å². The number of sulfone groups is 4. The predicted molar refractivity (Wildman–Crippen MR) is 299 cm³/mol. The number of H-pyrrole nitrogens is 4. The Balaban J connectivity index is 0.896. The summed E-state index contributed by atoms with van der Waals surface area (Å²) in [7, 11) is -16.2. The molecular formula is C51H64N8O21S4. The van der Waals surface area contributed by atoms with Crippen LogP contribution in [0.2, 0.25) is 0 Å². The molecule has 0 bridgehead atoms. The van der Waals surface area contributed by atoms with Gasteiger partial charge in [-0.2, -0.15) is 0 Å². The molecule has 4 saturated heterocycles. The van der Waals surface area contributed by atoms with E-state index in [1.54, 1.807) is 30.3 Å². The Morgan fingerprint density at radius 3 is 0.940 bits per heavy atom. The highest BCUT2D eigenvalue weighted by Crippen LogP contribution is 2.41. The number of aliphatic hydroxyl groups excluding tert-OH is 1. The van der Waals surface area contributed by atoms with E-state index in [1.165, 1.54) is 12.4 Å². The number of rotatable bonds is 25. The van der Waals surface area contributed by atoms with Crippen LogP contribution in [-0.4, -0.2) is 148 Å². The van der Waals surface area contributed by atoms with E-state index >= 15 is 0 Å². The summed E-state index contributed by atoms with van der Waals surface area (Å²) in [6.45, 7) is -0.368. The zero-order chi connectivity index (χ0) is 60.3. The molecule has 4 aliphatic heterocycles. The summed E-state index contributed by atoms with van der Waals surface area (Å²) >= 11 is 0. The van der Waals surface area contributed by atoms with Gasteiger partial charge in [-0.25, -0.2) is 52.8 Å². The molecule has 84 heavy (non-hydrogen) atoms. The molecule has 0 unspecified atom stereocenters. The van der Waals surface area contributed by atoms with Gasteiger partial charge >= 0.3 is 22.8 Å². The number of aromatic nitrogens is 8. The van der Waals surface area contributed by atoms with E-state index in [0.29, 0.717) is 5.56 Å². The summed E-state index contributed by atoms with van der Waals surface area (Å²) in [4.78, 5) is 107. The summed E-state index contributed by atoms with van der Waals surface area (Å²) in [5.74, 6) is -7.63. The minimum Gasteiger partial charge on any atom is -0.396 e. The molecule has 12 atom stereocenters. The summed E-state index contributed by atoms with van der Waals surface area (Å²) < 4.78 is 141. The Morgan fingerprint density at radius 2 is 0.667 bits per heavy atom. The van der Waals surface area contributed by atoms with E-state index in [2.05, 4.69) is 19.9 Å². The highest BCUT2D eigenvalue weighted by atomic mass is 32.2. The number of benzene rings is 1. The van der Waals surface area contributed by atoms with E-state index in [4.69, 9.17) is 18.9 Å². The van der Waals surface area contributed by atoms with Crippen LogP contribution in [0, 0.1) is 23.7 Å². The van der Waals surface area contributed by atoms with Crippen LogP contribution in [0.3, 0.4) is 0 Å². The first-order valence-electron chi connectivity index (χ1n) is 27.1. The van der Waals surface area contributed by atoms with Gasteiger partial charge in [0.2, 0.25) is 0 Å². The van der Waals surface area contributed by atoms with Crippen molar-refractivity contribution in [3.05, 3.63) is 168 Å². The fraction of sp³-hybridized carbons (Fsp3) is 0.569. The third kappa shape index (κ3) is 15.7. The van der Waals surface area contributed by atoms with Gasteiger partial charge in [0.25, 0.3) is 22.2 Å². The lowest BCUT2D eigenvalue weighted by Crippen LogP contribution is -2.32. The first-order valence-corrected chi connectivity index (χ1v) is 34.3. The van der Waals surface area contributed by atoms with Gasteiger partial charge in [0.1, 0.15) is 24.9 Å². The lowest BCUT2D eigenvalue weighted by Gasteiger charge is -2.22. The number of nitrogens with one attached hydrogen (secondary N) is 4. The molecular weight excluding hydrogens is 1190 g/mol. The molecule has 33 heteroatoms. The molecule has 9 rings (SSSR count). The van der Waals surface area contributed by atoms with Crippen molar-refractivity contribution >= 4 is 39.3 Å². The standard InChI is InChI=1S/C51H64N8O21S4/c60-18-10-36-32(22-44(77-36)56-14-6-40(61)52-48(56)65)27-81(69,70)19-11-37-33(23-45(78-37)57-15-7-41(62)53-49(57)66)28-82(71,72)20-12-38-34(24-46(79-38)58-16-8-42(63)54-50(58)67)29-83(73,74)21-13-39-35(30-84(75,76)26-31-4-2-1-3-5-31)25-47(80-39)59-17-9-43(64)55-51(59)68/h1-9,14-17,32-39,44-47,60H,10-13,18-30H2,(H,52,61,65)(H,53,62,66)(H,54,63,67)(H,55,64,68)/t32-,33-,34-,35-,36-,37-,38-,39-,44-,45-,46-,47-/m1/s1. The molecule has 0 spiro atoms. The fourth-order valence-electron chi connectivity index (χ4n) is 11.8. The van der Waals surface area contributed by atoms with Crippen molar-refractivity contribution < 1.29 is 57.7 Å². The number of hydrogen-bond acceptors (Lipinski definition) is 21. The van der Waals surface area contributed by atoms with Gasteiger partial charge < -0.3 is 24.1 Å². The second-order valence-corrected chi connectivity index (χ2v) is 30.6. The van der Waals surface area contributed by atoms with E-state index in [0.717, 1.165) is 54.9 Å². The highest BCUT2D eigenvalue weighted by molar-refractivity contribution is 7.92. The average molecular weight is 1250 g/mol. The van der Waals surface area contributed by atoms with Crippen LogP contribution in [0.15, 0.2) is 118 Å². The van der Waals surface area contributed by atoms with Crippen LogP contribution in [0.1, 0.15) is 81.8 Å². The summed E-state index contributed by atoms with van der Waals surface area (Å²) in [5.41, 5.74) is -5.63. The van der Waals surface area contributed by atoms with Gasteiger partial charge in [0.15, 0.2) is 39.3 Å². The zero-order valence-electron chi connectivity index (χ0n) is 45.0. The van der Waals surface area contributed by atoms with Gasteiger partial charge in [-0.05, 0) is 56.9 Å². The molecule has 4 aliphatic rings. The molecule has 0 amide bonds. The van der Waals surface area contributed by atoms with Crippen molar-refractivity contribution in [1.29, 1.82) is 0 Å². The Bertz CT molecular complexity index is 4160. The largest absolute Gasteiger partial charge is 0.396 e. The van der Waals surface area contributed by atoms with E-state index in [1.807, 2.05) is 0 Å². The molecule has 1 aromatic carbocycles.